The van der Waals surface area contributed by atoms with Gasteiger partial charge < -0.3 is 14.7 Å². The van der Waals surface area contributed by atoms with Crippen LogP contribution in [0.4, 0.5) is 5.69 Å². The van der Waals surface area contributed by atoms with Crippen molar-refractivity contribution in [2.24, 2.45) is 0 Å². The van der Waals surface area contributed by atoms with Crippen molar-refractivity contribution in [1.29, 1.82) is 0 Å². The number of nitrogens with zero attached hydrogens (tertiary/aromatic N) is 3. The van der Waals surface area contributed by atoms with E-state index in [1.807, 2.05) is 29.2 Å². The van der Waals surface area contributed by atoms with Gasteiger partial charge in [-0.15, -0.1) is 0 Å². The van der Waals surface area contributed by atoms with Crippen LogP contribution in [-0.2, 0) is 24.2 Å². The van der Waals surface area contributed by atoms with E-state index >= 15 is 0 Å². The third-order valence-corrected chi connectivity index (χ3v) is 6.24. The van der Waals surface area contributed by atoms with Crippen LogP contribution in [0.2, 0.25) is 5.02 Å². The normalized spacial score (nSPS) is 17.5. The van der Waals surface area contributed by atoms with Gasteiger partial charge in [0.05, 0.1) is 0 Å². The Balaban J connectivity index is 1.43. The molecule has 0 atom stereocenters. The number of hydrogen-bond donors (Lipinski definition) is 0. The quantitative estimate of drug-likeness (QED) is 0.788. The van der Waals surface area contributed by atoms with Crippen LogP contribution in [0.3, 0.4) is 0 Å². The molecule has 1 amide bonds. The van der Waals surface area contributed by atoms with Crippen molar-refractivity contribution < 1.29 is 4.79 Å². The van der Waals surface area contributed by atoms with Gasteiger partial charge in [0.25, 0.3) is 0 Å². The molecule has 0 bridgehead atoms. The molecule has 28 heavy (non-hydrogen) atoms. The first-order valence-corrected chi connectivity index (χ1v) is 10.5. The summed E-state index contributed by atoms with van der Waals surface area (Å²) in [5, 5.41) is 0.735. The smallest absolute Gasteiger partial charge is 0.223 e. The summed E-state index contributed by atoms with van der Waals surface area (Å²) in [4.78, 5) is 19.8. The minimum atomic E-state index is 0.244. The Morgan fingerprint density at radius 3 is 2.50 bits per heavy atom. The van der Waals surface area contributed by atoms with Crippen molar-refractivity contribution in [2.45, 2.75) is 25.8 Å². The van der Waals surface area contributed by atoms with Crippen LogP contribution in [0.1, 0.15) is 23.1 Å². The van der Waals surface area contributed by atoms with Crippen LogP contribution in [-0.4, -0.2) is 55.5 Å². The molecule has 4 nitrogen and oxygen atoms in total. The molecule has 148 valence electrons. The number of anilines is 1. The van der Waals surface area contributed by atoms with E-state index in [1.165, 1.54) is 16.8 Å². The van der Waals surface area contributed by atoms with Gasteiger partial charge in [-0.05, 0) is 54.8 Å². The number of carbonyl (C=O) groups is 1. The number of rotatable bonds is 4. The maximum Gasteiger partial charge on any atom is 0.223 e. The van der Waals surface area contributed by atoms with Crippen molar-refractivity contribution in [3.05, 3.63) is 64.2 Å². The van der Waals surface area contributed by atoms with Crippen LogP contribution >= 0.6 is 11.6 Å². The summed E-state index contributed by atoms with van der Waals surface area (Å²) in [6, 6.07) is 14.4. The third-order valence-electron chi connectivity index (χ3n) is 5.99. The minimum Gasteiger partial charge on any atom is -0.369 e. The standard InChI is InChI=1S/C23H28ClN3O/c1-25-13-15-26(16-14-25)22-4-2-3-19-11-12-27(17-21(19)22)23(28)10-7-18-5-8-20(24)9-6-18/h2-6,8-9H,7,10-17H2,1H3. The highest BCUT2D eigenvalue weighted by molar-refractivity contribution is 6.30. The molecule has 0 saturated carbocycles. The summed E-state index contributed by atoms with van der Waals surface area (Å²) >= 11 is 5.95. The lowest BCUT2D eigenvalue weighted by molar-refractivity contribution is -0.132. The molecule has 5 heteroatoms. The fraction of sp³-hybridized carbons (Fsp3) is 0.435. The Morgan fingerprint density at radius 2 is 1.75 bits per heavy atom. The van der Waals surface area contributed by atoms with Crippen LogP contribution < -0.4 is 4.90 Å². The average molecular weight is 398 g/mol. The van der Waals surface area contributed by atoms with Gasteiger partial charge in [-0.3, -0.25) is 4.79 Å². The fourth-order valence-corrected chi connectivity index (χ4v) is 4.31. The number of fused-ring (bicyclic) bond motifs is 1. The summed E-state index contributed by atoms with van der Waals surface area (Å²) in [5.41, 5.74) is 5.23. The molecule has 0 spiro atoms. The summed E-state index contributed by atoms with van der Waals surface area (Å²) in [6.45, 7) is 5.84. The average Bonchev–Trinajstić information content (AvgIpc) is 2.73. The SMILES string of the molecule is CN1CCN(c2cccc3c2CN(C(=O)CCc2ccc(Cl)cc2)CC3)CC1. The molecule has 2 heterocycles. The van der Waals surface area contributed by atoms with E-state index in [0.717, 1.165) is 62.7 Å². The Labute approximate surface area is 172 Å². The molecule has 0 unspecified atom stereocenters. The van der Waals surface area contributed by atoms with Crippen molar-refractivity contribution in [3.63, 3.8) is 0 Å². The highest BCUT2D eigenvalue weighted by atomic mass is 35.5. The van der Waals surface area contributed by atoms with Gasteiger partial charge in [-0.2, -0.15) is 0 Å². The number of hydrogen-bond acceptors (Lipinski definition) is 3. The number of benzene rings is 2. The zero-order chi connectivity index (χ0) is 19.5. The summed E-state index contributed by atoms with van der Waals surface area (Å²) in [7, 11) is 2.18. The zero-order valence-electron chi connectivity index (χ0n) is 16.5. The molecule has 2 aliphatic rings. The van der Waals surface area contributed by atoms with Gasteiger partial charge in [0.15, 0.2) is 0 Å². The maximum absolute atomic E-state index is 12.9. The molecule has 4 rings (SSSR count). The van der Waals surface area contributed by atoms with Crippen molar-refractivity contribution in [3.8, 4) is 0 Å². The molecule has 0 radical (unpaired) electrons. The van der Waals surface area contributed by atoms with Gasteiger partial charge in [-0.25, -0.2) is 0 Å². The van der Waals surface area contributed by atoms with E-state index in [0.29, 0.717) is 6.42 Å². The molecule has 0 aromatic heterocycles. The first-order chi connectivity index (χ1) is 13.6. The predicted molar refractivity (Wildman–Crippen MR) is 115 cm³/mol. The summed E-state index contributed by atoms with van der Waals surface area (Å²) in [5.74, 6) is 0.244. The second-order valence-corrected chi connectivity index (χ2v) is 8.33. The predicted octanol–water partition coefficient (Wildman–Crippen LogP) is 3.61. The lowest BCUT2D eigenvalue weighted by atomic mass is 9.96. The van der Waals surface area contributed by atoms with Crippen LogP contribution in [0.15, 0.2) is 42.5 Å². The third kappa shape index (κ3) is 4.34. The Hall–Kier alpha value is -2.04. The van der Waals surface area contributed by atoms with Gasteiger partial charge in [0.2, 0.25) is 5.91 Å². The lowest BCUT2D eigenvalue weighted by Crippen LogP contribution is -2.45. The number of likely N-dealkylation sites (N-methyl/N-ethyl adjacent to an activating group) is 1. The van der Waals surface area contributed by atoms with Gasteiger partial charge in [0.1, 0.15) is 0 Å². The Morgan fingerprint density at radius 1 is 1.00 bits per heavy atom. The number of piperazine rings is 1. The molecule has 0 aliphatic carbocycles. The highest BCUT2D eigenvalue weighted by Gasteiger charge is 2.25. The van der Waals surface area contributed by atoms with Crippen LogP contribution in [0.5, 0.6) is 0 Å². The van der Waals surface area contributed by atoms with Crippen LogP contribution in [0, 0.1) is 0 Å². The fourth-order valence-electron chi connectivity index (χ4n) is 4.18. The van der Waals surface area contributed by atoms with Gasteiger partial charge in [-0.1, -0.05) is 35.9 Å². The molecule has 2 aromatic rings. The Bertz CT molecular complexity index is 828. The molecule has 1 fully saturated rings. The highest BCUT2D eigenvalue weighted by Crippen LogP contribution is 2.30. The van der Waals surface area contributed by atoms with Gasteiger partial charge >= 0.3 is 0 Å². The van der Waals surface area contributed by atoms with E-state index in [1.54, 1.807) is 0 Å². The van der Waals surface area contributed by atoms with Crippen molar-refractivity contribution in [2.75, 3.05) is 44.7 Å². The topological polar surface area (TPSA) is 26.8 Å². The molecule has 2 aliphatic heterocycles. The molecular formula is C23H28ClN3O. The van der Waals surface area contributed by atoms with Gasteiger partial charge in [0, 0.05) is 56.4 Å². The Kier molecular flexibility index (Phi) is 5.88. The number of aryl methyl sites for hydroxylation is 1. The molecular weight excluding hydrogens is 370 g/mol. The van der Waals surface area contributed by atoms with E-state index in [4.69, 9.17) is 11.6 Å². The van der Waals surface area contributed by atoms with Crippen molar-refractivity contribution >= 4 is 23.2 Å². The summed E-state index contributed by atoms with van der Waals surface area (Å²) in [6.07, 6.45) is 2.26. The lowest BCUT2D eigenvalue weighted by Gasteiger charge is -2.38. The zero-order valence-corrected chi connectivity index (χ0v) is 17.3. The first kappa shape index (κ1) is 19.3. The molecule has 2 aromatic carbocycles. The summed E-state index contributed by atoms with van der Waals surface area (Å²) < 4.78 is 0. The number of carbonyl (C=O) groups excluding carboxylic acids is 1. The number of halogens is 1. The molecule has 0 N–H and O–H groups in total. The first-order valence-electron chi connectivity index (χ1n) is 10.2. The van der Waals surface area contributed by atoms with Crippen LogP contribution in [0.25, 0.3) is 0 Å². The second-order valence-electron chi connectivity index (χ2n) is 7.90. The number of amides is 1. The van der Waals surface area contributed by atoms with E-state index in [-0.39, 0.29) is 5.91 Å². The van der Waals surface area contributed by atoms with E-state index in [9.17, 15) is 4.79 Å². The maximum atomic E-state index is 12.9. The monoisotopic (exact) mass is 397 g/mol. The van der Waals surface area contributed by atoms with Crippen molar-refractivity contribution in [1.82, 2.24) is 9.80 Å². The van der Waals surface area contributed by atoms with E-state index < -0.39 is 0 Å². The largest absolute Gasteiger partial charge is 0.369 e. The van der Waals surface area contributed by atoms with E-state index in [2.05, 4.69) is 35.0 Å². The second kappa shape index (κ2) is 8.54. The molecule has 1 saturated heterocycles. The minimum absolute atomic E-state index is 0.244.